The molecule has 0 amide bonds. The highest BCUT2D eigenvalue weighted by atomic mass is 32.1. The third kappa shape index (κ3) is 2.46. The molecule has 0 aliphatic heterocycles. The smallest absolute Gasteiger partial charge is 0.215 e. The number of nitrogens with zero attached hydrogens (tertiary/aromatic N) is 3. The van der Waals surface area contributed by atoms with Crippen LogP contribution in [0.1, 0.15) is 13.8 Å². The first-order chi connectivity index (χ1) is 7.77. The van der Waals surface area contributed by atoms with Crippen molar-refractivity contribution in [2.45, 2.75) is 13.8 Å². The molecule has 0 saturated heterocycles. The fourth-order valence-corrected chi connectivity index (χ4v) is 1.94. The Morgan fingerprint density at radius 3 is 2.62 bits per heavy atom. The van der Waals surface area contributed by atoms with Crippen molar-refractivity contribution in [2.75, 3.05) is 0 Å². The molecule has 0 fully saturated rings. The summed E-state index contributed by atoms with van der Waals surface area (Å²) >= 11 is 1.58. The van der Waals surface area contributed by atoms with E-state index in [9.17, 15) is 0 Å². The quantitative estimate of drug-likeness (QED) is 0.562. The van der Waals surface area contributed by atoms with Crippen LogP contribution in [0.25, 0.3) is 5.69 Å². The molecule has 0 saturated carbocycles. The molecule has 0 unspecified atom stereocenters. The Hall–Kier alpha value is -1.68. The molecule has 3 nitrogen and oxygen atoms in total. The topological polar surface area (TPSA) is 29.6 Å². The van der Waals surface area contributed by atoms with E-state index < -0.39 is 0 Å². The molecule has 0 bridgehead atoms. The van der Waals surface area contributed by atoms with E-state index in [0.717, 1.165) is 16.2 Å². The normalized spacial score (nSPS) is 11.5. The van der Waals surface area contributed by atoms with Crippen molar-refractivity contribution in [3.8, 4) is 5.69 Å². The van der Waals surface area contributed by atoms with E-state index in [4.69, 9.17) is 0 Å². The molecule has 1 aromatic carbocycles. The number of rotatable bonds is 2. The van der Waals surface area contributed by atoms with Crippen molar-refractivity contribution in [1.29, 1.82) is 0 Å². The van der Waals surface area contributed by atoms with Crippen LogP contribution < -0.4 is 4.80 Å². The van der Waals surface area contributed by atoms with Gasteiger partial charge in [-0.3, -0.25) is 4.57 Å². The van der Waals surface area contributed by atoms with E-state index in [1.54, 1.807) is 11.3 Å². The fourth-order valence-electron chi connectivity index (χ4n) is 1.27. The van der Waals surface area contributed by atoms with Gasteiger partial charge in [0.15, 0.2) is 0 Å². The standard InChI is InChI=1S/C12H13N3S/c1-10(2)13-14-12-15(8-9-16-12)11-6-4-3-5-7-11/h3-9H,1-2H3/b14-12-. The van der Waals surface area contributed by atoms with Crippen molar-refractivity contribution in [1.82, 2.24) is 4.57 Å². The van der Waals surface area contributed by atoms with Crippen LogP contribution in [0.5, 0.6) is 0 Å². The molecule has 0 aliphatic carbocycles. The second-order valence-corrected chi connectivity index (χ2v) is 4.41. The van der Waals surface area contributed by atoms with E-state index in [1.165, 1.54) is 0 Å². The van der Waals surface area contributed by atoms with Crippen LogP contribution >= 0.6 is 11.3 Å². The maximum atomic E-state index is 4.21. The first kappa shape index (κ1) is 10.8. The van der Waals surface area contributed by atoms with E-state index >= 15 is 0 Å². The van der Waals surface area contributed by atoms with Crippen LogP contribution in [0.15, 0.2) is 52.1 Å². The molecule has 4 heteroatoms. The number of aromatic nitrogens is 1. The van der Waals surface area contributed by atoms with E-state index in [1.807, 2.05) is 60.3 Å². The summed E-state index contributed by atoms with van der Waals surface area (Å²) in [5, 5.41) is 10.3. The summed E-state index contributed by atoms with van der Waals surface area (Å²) in [6.45, 7) is 3.87. The summed E-state index contributed by atoms with van der Waals surface area (Å²) in [4.78, 5) is 0.882. The summed E-state index contributed by atoms with van der Waals surface area (Å²) in [5.41, 5.74) is 2.06. The minimum absolute atomic E-state index is 0.882. The Balaban J connectivity index is 2.49. The zero-order chi connectivity index (χ0) is 11.4. The molecule has 0 spiro atoms. The molecule has 82 valence electrons. The largest absolute Gasteiger partial charge is 0.291 e. The second kappa shape index (κ2) is 4.90. The van der Waals surface area contributed by atoms with Gasteiger partial charge in [0, 0.05) is 23.0 Å². The Morgan fingerprint density at radius 1 is 1.19 bits per heavy atom. The predicted octanol–water partition coefficient (Wildman–Crippen LogP) is 2.84. The highest BCUT2D eigenvalue weighted by molar-refractivity contribution is 7.07. The summed E-state index contributed by atoms with van der Waals surface area (Å²) in [7, 11) is 0. The Labute approximate surface area is 98.4 Å². The van der Waals surface area contributed by atoms with Gasteiger partial charge in [0.25, 0.3) is 0 Å². The molecule has 0 radical (unpaired) electrons. The van der Waals surface area contributed by atoms with Crippen molar-refractivity contribution in [2.24, 2.45) is 10.2 Å². The van der Waals surface area contributed by atoms with Gasteiger partial charge < -0.3 is 0 Å². The average Bonchev–Trinajstić information content (AvgIpc) is 2.75. The lowest BCUT2D eigenvalue weighted by Gasteiger charge is -2.00. The van der Waals surface area contributed by atoms with Crippen molar-refractivity contribution >= 4 is 17.0 Å². The lowest BCUT2D eigenvalue weighted by Crippen LogP contribution is -2.10. The Bertz CT molecular complexity index is 545. The van der Waals surface area contributed by atoms with Gasteiger partial charge in [0.1, 0.15) is 0 Å². The fraction of sp³-hybridized carbons (Fsp3) is 0.167. The molecule has 0 atom stereocenters. The Morgan fingerprint density at radius 2 is 1.94 bits per heavy atom. The third-order valence-corrected chi connectivity index (χ3v) is 2.71. The van der Waals surface area contributed by atoms with Crippen molar-refractivity contribution < 1.29 is 0 Å². The zero-order valence-corrected chi connectivity index (χ0v) is 10.1. The van der Waals surface area contributed by atoms with Crippen LogP contribution in [0.2, 0.25) is 0 Å². The van der Waals surface area contributed by atoms with E-state index in [-0.39, 0.29) is 0 Å². The molecule has 0 N–H and O–H groups in total. The monoisotopic (exact) mass is 231 g/mol. The molecule has 1 heterocycles. The van der Waals surface area contributed by atoms with E-state index in [2.05, 4.69) is 10.2 Å². The van der Waals surface area contributed by atoms with Crippen molar-refractivity contribution in [3.63, 3.8) is 0 Å². The number of hydrogen-bond acceptors (Lipinski definition) is 3. The predicted molar refractivity (Wildman–Crippen MR) is 68.0 cm³/mol. The third-order valence-electron chi connectivity index (χ3n) is 1.96. The second-order valence-electron chi connectivity index (χ2n) is 3.54. The lowest BCUT2D eigenvalue weighted by atomic mass is 10.3. The lowest BCUT2D eigenvalue weighted by molar-refractivity contribution is 0.963. The van der Waals surface area contributed by atoms with Gasteiger partial charge in [-0.05, 0) is 26.0 Å². The van der Waals surface area contributed by atoms with Crippen LogP contribution in [0, 0.1) is 0 Å². The average molecular weight is 231 g/mol. The minimum atomic E-state index is 0.882. The SMILES string of the molecule is CC(C)=N/N=c1\sccn1-c1ccccc1. The molecule has 1 aromatic heterocycles. The Kier molecular flexibility index (Phi) is 3.31. The highest BCUT2D eigenvalue weighted by Gasteiger charge is 1.96. The summed E-state index contributed by atoms with van der Waals surface area (Å²) < 4.78 is 2.02. The first-order valence-electron chi connectivity index (χ1n) is 5.04. The molecular formula is C12H13N3S. The summed E-state index contributed by atoms with van der Waals surface area (Å²) in [6.07, 6.45) is 2.00. The van der Waals surface area contributed by atoms with Gasteiger partial charge in [0.05, 0.1) is 0 Å². The number of thiazole rings is 1. The molecular weight excluding hydrogens is 218 g/mol. The summed E-state index contributed by atoms with van der Waals surface area (Å²) in [5.74, 6) is 0. The first-order valence-corrected chi connectivity index (χ1v) is 5.92. The maximum Gasteiger partial charge on any atom is 0.215 e. The molecule has 16 heavy (non-hydrogen) atoms. The van der Waals surface area contributed by atoms with E-state index in [0.29, 0.717) is 0 Å². The number of para-hydroxylation sites is 1. The van der Waals surface area contributed by atoms with Crippen LogP contribution in [-0.4, -0.2) is 10.3 Å². The van der Waals surface area contributed by atoms with Gasteiger partial charge in [-0.15, -0.1) is 16.4 Å². The molecule has 2 rings (SSSR count). The van der Waals surface area contributed by atoms with Crippen LogP contribution in [0.4, 0.5) is 0 Å². The van der Waals surface area contributed by atoms with Gasteiger partial charge >= 0.3 is 0 Å². The van der Waals surface area contributed by atoms with Crippen molar-refractivity contribution in [3.05, 3.63) is 46.7 Å². The van der Waals surface area contributed by atoms with Crippen LogP contribution in [0.3, 0.4) is 0 Å². The van der Waals surface area contributed by atoms with Gasteiger partial charge in [-0.25, -0.2) is 0 Å². The maximum absolute atomic E-state index is 4.21. The minimum Gasteiger partial charge on any atom is -0.291 e. The van der Waals surface area contributed by atoms with Gasteiger partial charge in [-0.1, -0.05) is 18.2 Å². The van der Waals surface area contributed by atoms with Gasteiger partial charge in [0.2, 0.25) is 4.80 Å². The molecule has 0 aliphatic rings. The molecule has 2 aromatic rings. The van der Waals surface area contributed by atoms with Crippen LogP contribution in [-0.2, 0) is 0 Å². The van der Waals surface area contributed by atoms with Gasteiger partial charge in [-0.2, -0.15) is 5.10 Å². The number of hydrogen-bond donors (Lipinski definition) is 0. The highest BCUT2D eigenvalue weighted by Crippen LogP contribution is 2.05. The number of benzene rings is 1. The zero-order valence-electron chi connectivity index (χ0n) is 9.29. The summed E-state index contributed by atoms with van der Waals surface area (Å²) in [6, 6.07) is 10.1.